The summed E-state index contributed by atoms with van der Waals surface area (Å²) in [6.45, 7) is 3.51. The molecule has 1 aliphatic rings. The molecule has 0 unspecified atom stereocenters. The molecule has 0 spiro atoms. The fourth-order valence-electron chi connectivity index (χ4n) is 3.17. The maximum atomic E-state index is 12.1. The first-order chi connectivity index (χ1) is 12.3. The van der Waals surface area contributed by atoms with Crippen LogP contribution >= 0.6 is 0 Å². The van der Waals surface area contributed by atoms with Gasteiger partial charge in [-0.2, -0.15) is 5.10 Å². The lowest BCUT2D eigenvalue weighted by Gasteiger charge is -2.39. The Kier molecular flexibility index (Phi) is 4.35. The van der Waals surface area contributed by atoms with Crippen LogP contribution < -0.4 is 5.56 Å². The Labute approximate surface area is 145 Å². The number of hydrogen-bond donors (Lipinski definition) is 0. The van der Waals surface area contributed by atoms with Crippen molar-refractivity contribution in [2.24, 2.45) is 5.92 Å². The summed E-state index contributed by atoms with van der Waals surface area (Å²) in [6, 6.07) is 11.2. The van der Waals surface area contributed by atoms with Gasteiger partial charge in [0, 0.05) is 62.0 Å². The molecule has 6 nitrogen and oxygen atoms in total. The molecule has 3 aromatic heterocycles. The lowest BCUT2D eigenvalue weighted by atomic mass is 9.99. The number of aromatic nitrogens is 4. The predicted molar refractivity (Wildman–Crippen MR) is 94.7 cm³/mol. The average Bonchev–Trinajstić information content (AvgIpc) is 2.63. The Morgan fingerprint density at radius 3 is 2.60 bits per heavy atom. The predicted octanol–water partition coefficient (Wildman–Crippen LogP) is 1.83. The SMILES string of the molecule is O=c1ccc(-c2ccncc2)nn1CC1CN(Cc2cccnc2)C1. The van der Waals surface area contributed by atoms with Gasteiger partial charge < -0.3 is 0 Å². The van der Waals surface area contributed by atoms with Crippen molar-refractivity contribution >= 4 is 0 Å². The van der Waals surface area contributed by atoms with E-state index in [0.717, 1.165) is 30.9 Å². The molecule has 0 aromatic carbocycles. The summed E-state index contributed by atoms with van der Waals surface area (Å²) in [4.78, 5) is 22.6. The van der Waals surface area contributed by atoms with Gasteiger partial charge in [-0.15, -0.1) is 0 Å². The van der Waals surface area contributed by atoms with Crippen LogP contribution in [-0.4, -0.2) is 37.7 Å². The van der Waals surface area contributed by atoms with Crippen LogP contribution in [0.15, 0.2) is 66.0 Å². The maximum absolute atomic E-state index is 12.1. The van der Waals surface area contributed by atoms with Crippen LogP contribution in [0, 0.1) is 5.92 Å². The van der Waals surface area contributed by atoms with Crippen LogP contribution in [-0.2, 0) is 13.1 Å². The largest absolute Gasteiger partial charge is 0.298 e. The molecule has 25 heavy (non-hydrogen) atoms. The minimum Gasteiger partial charge on any atom is -0.298 e. The van der Waals surface area contributed by atoms with Crippen molar-refractivity contribution in [3.8, 4) is 11.3 Å². The highest BCUT2D eigenvalue weighted by atomic mass is 16.1. The fraction of sp³-hybridized carbons (Fsp3) is 0.263. The summed E-state index contributed by atoms with van der Waals surface area (Å²) in [6.07, 6.45) is 7.15. The third-order valence-electron chi connectivity index (χ3n) is 4.44. The molecule has 4 rings (SSSR count). The maximum Gasteiger partial charge on any atom is 0.266 e. The second-order valence-corrected chi connectivity index (χ2v) is 6.40. The van der Waals surface area contributed by atoms with Crippen molar-refractivity contribution in [1.29, 1.82) is 0 Å². The first-order valence-corrected chi connectivity index (χ1v) is 8.38. The van der Waals surface area contributed by atoms with E-state index < -0.39 is 0 Å². The summed E-state index contributed by atoms with van der Waals surface area (Å²) in [5.74, 6) is 0.453. The van der Waals surface area contributed by atoms with Crippen LogP contribution in [0.5, 0.6) is 0 Å². The molecular weight excluding hydrogens is 314 g/mol. The quantitative estimate of drug-likeness (QED) is 0.713. The van der Waals surface area contributed by atoms with Crippen molar-refractivity contribution in [1.82, 2.24) is 24.6 Å². The molecule has 0 atom stereocenters. The Bertz CT molecular complexity index is 888. The Morgan fingerprint density at radius 1 is 1.00 bits per heavy atom. The molecule has 1 aliphatic heterocycles. The second-order valence-electron chi connectivity index (χ2n) is 6.40. The van der Waals surface area contributed by atoms with Gasteiger partial charge in [-0.05, 0) is 29.8 Å². The molecule has 4 heterocycles. The Hall–Kier alpha value is -2.86. The third-order valence-corrected chi connectivity index (χ3v) is 4.44. The van der Waals surface area contributed by atoms with E-state index in [2.05, 4.69) is 26.0 Å². The summed E-state index contributed by atoms with van der Waals surface area (Å²) in [7, 11) is 0. The van der Waals surface area contributed by atoms with Crippen LogP contribution in [0.1, 0.15) is 5.56 Å². The smallest absolute Gasteiger partial charge is 0.266 e. The minimum absolute atomic E-state index is 0.0523. The van der Waals surface area contributed by atoms with E-state index in [0.29, 0.717) is 12.5 Å². The fourth-order valence-corrected chi connectivity index (χ4v) is 3.17. The highest BCUT2D eigenvalue weighted by molar-refractivity contribution is 5.56. The highest BCUT2D eigenvalue weighted by Crippen LogP contribution is 2.20. The molecule has 0 radical (unpaired) electrons. The molecule has 0 saturated carbocycles. The summed E-state index contributed by atoms with van der Waals surface area (Å²) in [5.41, 5.74) is 2.93. The number of rotatable bonds is 5. The van der Waals surface area contributed by atoms with Gasteiger partial charge in [-0.3, -0.25) is 19.7 Å². The zero-order valence-corrected chi connectivity index (χ0v) is 13.8. The monoisotopic (exact) mass is 333 g/mol. The van der Waals surface area contributed by atoms with Gasteiger partial charge in [0.25, 0.3) is 5.56 Å². The van der Waals surface area contributed by atoms with Gasteiger partial charge in [0.2, 0.25) is 0 Å². The Morgan fingerprint density at radius 2 is 1.84 bits per heavy atom. The van der Waals surface area contributed by atoms with Crippen LogP contribution in [0.4, 0.5) is 0 Å². The van der Waals surface area contributed by atoms with E-state index >= 15 is 0 Å². The highest BCUT2D eigenvalue weighted by Gasteiger charge is 2.27. The molecule has 0 amide bonds. The topological polar surface area (TPSA) is 63.9 Å². The zero-order chi connectivity index (χ0) is 17.1. The minimum atomic E-state index is -0.0523. The molecule has 126 valence electrons. The standard InChI is InChI=1S/C19H19N5O/c25-19-4-3-18(17-5-8-20-9-6-17)22-24(19)14-16-12-23(13-16)11-15-2-1-7-21-10-15/h1-10,16H,11-14H2. The van der Waals surface area contributed by atoms with Gasteiger partial charge >= 0.3 is 0 Å². The van der Waals surface area contributed by atoms with E-state index in [1.54, 1.807) is 35.4 Å². The molecule has 1 fully saturated rings. The molecule has 0 bridgehead atoms. The third kappa shape index (κ3) is 3.64. The van der Waals surface area contributed by atoms with Crippen molar-refractivity contribution in [2.45, 2.75) is 13.1 Å². The number of likely N-dealkylation sites (tertiary alicyclic amines) is 1. The summed E-state index contributed by atoms with van der Waals surface area (Å²) < 4.78 is 1.59. The van der Waals surface area contributed by atoms with Crippen molar-refractivity contribution in [3.63, 3.8) is 0 Å². The van der Waals surface area contributed by atoms with Gasteiger partial charge in [0.1, 0.15) is 0 Å². The Balaban J connectivity index is 1.40. The van der Waals surface area contributed by atoms with E-state index in [1.807, 2.05) is 24.4 Å². The number of hydrogen-bond acceptors (Lipinski definition) is 5. The number of pyridine rings is 2. The van der Waals surface area contributed by atoms with Crippen molar-refractivity contribution < 1.29 is 0 Å². The van der Waals surface area contributed by atoms with Gasteiger partial charge in [-0.25, -0.2) is 4.68 Å². The van der Waals surface area contributed by atoms with Crippen molar-refractivity contribution in [3.05, 3.63) is 77.1 Å². The van der Waals surface area contributed by atoms with Crippen LogP contribution in [0.25, 0.3) is 11.3 Å². The lowest BCUT2D eigenvalue weighted by molar-refractivity contribution is 0.0766. The van der Waals surface area contributed by atoms with E-state index in [1.165, 1.54) is 5.56 Å². The lowest BCUT2D eigenvalue weighted by Crippen LogP contribution is -2.48. The average molecular weight is 333 g/mol. The van der Waals surface area contributed by atoms with Crippen LogP contribution in [0.2, 0.25) is 0 Å². The summed E-state index contributed by atoms with van der Waals surface area (Å²) >= 11 is 0. The molecule has 0 N–H and O–H groups in total. The molecule has 0 aliphatic carbocycles. The first kappa shape index (κ1) is 15.7. The van der Waals surface area contributed by atoms with E-state index in [9.17, 15) is 4.79 Å². The normalized spacial score (nSPS) is 15.0. The number of nitrogens with zero attached hydrogens (tertiary/aromatic N) is 5. The summed E-state index contributed by atoms with van der Waals surface area (Å²) in [5, 5.41) is 4.52. The molecule has 6 heteroatoms. The molecule has 3 aromatic rings. The molecule has 1 saturated heterocycles. The van der Waals surface area contributed by atoms with E-state index in [-0.39, 0.29) is 5.56 Å². The van der Waals surface area contributed by atoms with E-state index in [4.69, 9.17) is 0 Å². The van der Waals surface area contributed by atoms with Crippen molar-refractivity contribution in [2.75, 3.05) is 13.1 Å². The van der Waals surface area contributed by atoms with Crippen LogP contribution in [0.3, 0.4) is 0 Å². The van der Waals surface area contributed by atoms with Gasteiger partial charge in [0.15, 0.2) is 0 Å². The van der Waals surface area contributed by atoms with Gasteiger partial charge in [0.05, 0.1) is 12.2 Å². The molecular formula is C19H19N5O. The zero-order valence-electron chi connectivity index (χ0n) is 13.8. The second kappa shape index (κ2) is 6.94. The first-order valence-electron chi connectivity index (χ1n) is 8.38. The van der Waals surface area contributed by atoms with Gasteiger partial charge in [-0.1, -0.05) is 6.07 Å².